The van der Waals surface area contributed by atoms with Crippen LogP contribution < -0.4 is 24.8 Å². The van der Waals surface area contributed by atoms with E-state index in [1.807, 2.05) is 51.2 Å². The van der Waals surface area contributed by atoms with E-state index in [2.05, 4.69) is 20.6 Å². The number of rotatable bonds is 6. The maximum absolute atomic E-state index is 5.99. The lowest BCUT2D eigenvalue weighted by atomic mass is 10.1. The number of nitrogens with one attached hydrogen (secondary N) is 2. The first-order valence-corrected chi connectivity index (χ1v) is 9.52. The molecule has 0 saturated heterocycles. The minimum Gasteiger partial charge on any atom is -0.496 e. The SMILES string of the molecule is CCNC(=NCc1ncc(C)c(OC)c1C)NCC1COc2ccccc2O1. The van der Waals surface area contributed by atoms with Crippen LogP contribution in [0.1, 0.15) is 23.7 Å². The number of hydrogen-bond acceptors (Lipinski definition) is 5. The van der Waals surface area contributed by atoms with Gasteiger partial charge in [-0.1, -0.05) is 12.1 Å². The monoisotopic (exact) mass is 384 g/mol. The highest BCUT2D eigenvalue weighted by Gasteiger charge is 2.20. The average molecular weight is 384 g/mol. The van der Waals surface area contributed by atoms with E-state index in [-0.39, 0.29) is 6.10 Å². The van der Waals surface area contributed by atoms with Gasteiger partial charge < -0.3 is 24.8 Å². The summed E-state index contributed by atoms with van der Waals surface area (Å²) in [7, 11) is 1.68. The van der Waals surface area contributed by atoms with Crippen molar-refractivity contribution in [3.8, 4) is 17.2 Å². The Hall–Kier alpha value is -2.96. The summed E-state index contributed by atoms with van der Waals surface area (Å²) in [6.45, 7) is 8.34. The number of nitrogens with zero attached hydrogens (tertiary/aromatic N) is 2. The standard InChI is InChI=1S/C21H28N4O3/c1-5-22-21(25-12-17-15(3)20(26-4)14(2)10-23-17)24-11-16-13-27-18-8-6-7-9-19(18)28-16/h6-10,16H,5,11-13H2,1-4H3,(H2,22,24,25). The highest BCUT2D eigenvalue weighted by atomic mass is 16.6. The fourth-order valence-corrected chi connectivity index (χ4v) is 3.10. The molecular weight excluding hydrogens is 356 g/mol. The zero-order valence-electron chi connectivity index (χ0n) is 16.9. The van der Waals surface area contributed by atoms with Crippen molar-refractivity contribution < 1.29 is 14.2 Å². The first-order valence-electron chi connectivity index (χ1n) is 9.52. The number of ether oxygens (including phenoxy) is 3. The van der Waals surface area contributed by atoms with Crippen molar-refractivity contribution in [1.82, 2.24) is 15.6 Å². The smallest absolute Gasteiger partial charge is 0.191 e. The first kappa shape index (κ1) is 19.8. The number of pyridine rings is 1. The van der Waals surface area contributed by atoms with Crippen molar-refractivity contribution in [1.29, 1.82) is 0 Å². The molecule has 2 heterocycles. The van der Waals surface area contributed by atoms with Crippen molar-refractivity contribution >= 4 is 5.96 Å². The van der Waals surface area contributed by atoms with Crippen LogP contribution in [0.15, 0.2) is 35.5 Å². The van der Waals surface area contributed by atoms with Crippen LogP contribution in [-0.2, 0) is 6.54 Å². The van der Waals surface area contributed by atoms with E-state index in [0.717, 1.165) is 40.6 Å². The number of guanidine groups is 1. The van der Waals surface area contributed by atoms with Gasteiger partial charge in [0.05, 0.1) is 25.9 Å². The number of benzene rings is 1. The fraction of sp³-hybridized carbons (Fsp3) is 0.429. The van der Waals surface area contributed by atoms with Crippen LogP contribution in [-0.4, -0.2) is 43.9 Å². The molecule has 0 saturated carbocycles. The van der Waals surface area contributed by atoms with Crippen LogP contribution in [0.4, 0.5) is 0 Å². The number of aliphatic imine (C=N–C) groups is 1. The summed E-state index contributed by atoms with van der Waals surface area (Å²) >= 11 is 0. The van der Waals surface area contributed by atoms with Crippen molar-refractivity contribution in [3.05, 3.63) is 47.3 Å². The second-order valence-electron chi connectivity index (χ2n) is 6.62. The molecule has 0 aliphatic carbocycles. The number of aryl methyl sites for hydroxylation is 1. The molecule has 1 atom stereocenters. The van der Waals surface area contributed by atoms with Gasteiger partial charge in [0.25, 0.3) is 0 Å². The lowest BCUT2D eigenvalue weighted by Gasteiger charge is -2.27. The minimum atomic E-state index is -0.0851. The van der Waals surface area contributed by atoms with Crippen LogP contribution in [0.5, 0.6) is 17.2 Å². The number of methoxy groups -OCH3 is 1. The third kappa shape index (κ3) is 4.65. The predicted molar refractivity (Wildman–Crippen MR) is 109 cm³/mol. The largest absolute Gasteiger partial charge is 0.496 e. The lowest BCUT2D eigenvalue weighted by Crippen LogP contribution is -2.45. The Labute approximate surface area is 166 Å². The van der Waals surface area contributed by atoms with E-state index < -0.39 is 0 Å². The van der Waals surface area contributed by atoms with Crippen LogP contribution >= 0.6 is 0 Å². The highest BCUT2D eigenvalue weighted by Crippen LogP contribution is 2.30. The summed E-state index contributed by atoms with van der Waals surface area (Å²) in [5.74, 6) is 3.14. The Bertz CT molecular complexity index is 838. The number of hydrogen-bond donors (Lipinski definition) is 2. The number of para-hydroxylation sites is 2. The van der Waals surface area contributed by atoms with Gasteiger partial charge in [-0.15, -0.1) is 0 Å². The van der Waals surface area contributed by atoms with E-state index in [0.29, 0.717) is 25.7 Å². The van der Waals surface area contributed by atoms with E-state index >= 15 is 0 Å². The van der Waals surface area contributed by atoms with E-state index in [1.165, 1.54) is 0 Å². The van der Waals surface area contributed by atoms with Gasteiger partial charge in [0.1, 0.15) is 18.5 Å². The Morgan fingerprint density at radius 1 is 1.25 bits per heavy atom. The van der Waals surface area contributed by atoms with Gasteiger partial charge in [0, 0.05) is 23.9 Å². The molecule has 0 amide bonds. The molecule has 2 aromatic rings. The quantitative estimate of drug-likeness (QED) is 0.589. The second-order valence-corrected chi connectivity index (χ2v) is 6.62. The molecule has 2 N–H and O–H groups in total. The van der Waals surface area contributed by atoms with Gasteiger partial charge in [0.2, 0.25) is 0 Å². The molecular formula is C21H28N4O3. The van der Waals surface area contributed by atoms with Crippen LogP contribution in [0.2, 0.25) is 0 Å². The molecule has 28 heavy (non-hydrogen) atoms. The Morgan fingerprint density at radius 2 is 2.04 bits per heavy atom. The second kappa shape index (κ2) is 9.30. The summed E-state index contributed by atoms with van der Waals surface area (Å²) in [4.78, 5) is 9.16. The molecule has 0 fully saturated rings. The molecule has 0 radical (unpaired) electrons. The molecule has 150 valence electrons. The molecule has 7 heteroatoms. The van der Waals surface area contributed by atoms with Crippen molar-refractivity contribution in [2.75, 3.05) is 26.8 Å². The highest BCUT2D eigenvalue weighted by molar-refractivity contribution is 5.79. The summed E-state index contributed by atoms with van der Waals surface area (Å²) in [5, 5.41) is 6.58. The molecule has 1 unspecified atom stereocenters. The Kier molecular flexibility index (Phi) is 6.57. The van der Waals surface area contributed by atoms with Gasteiger partial charge in [-0.2, -0.15) is 0 Å². The van der Waals surface area contributed by atoms with Crippen LogP contribution in [0.25, 0.3) is 0 Å². The topological polar surface area (TPSA) is 77.0 Å². The molecule has 1 aliphatic heterocycles. The molecule has 1 aliphatic rings. The van der Waals surface area contributed by atoms with Crippen molar-refractivity contribution in [2.24, 2.45) is 4.99 Å². The van der Waals surface area contributed by atoms with Gasteiger partial charge in [-0.25, -0.2) is 4.99 Å². The minimum absolute atomic E-state index is 0.0851. The maximum atomic E-state index is 5.99. The fourth-order valence-electron chi connectivity index (χ4n) is 3.10. The summed E-state index contributed by atoms with van der Waals surface area (Å²) in [5.41, 5.74) is 2.93. The molecule has 1 aromatic heterocycles. The number of fused-ring (bicyclic) bond motifs is 1. The molecule has 1 aromatic carbocycles. The normalized spacial score (nSPS) is 15.9. The third-order valence-corrected chi connectivity index (χ3v) is 4.55. The maximum Gasteiger partial charge on any atom is 0.191 e. The summed E-state index contributed by atoms with van der Waals surface area (Å²) in [6.07, 6.45) is 1.74. The van der Waals surface area contributed by atoms with E-state index in [4.69, 9.17) is 14.2 Å². The molecule has 3 rings (SSSR count). The molecule has 0 spiro atoms. The van der Waals surface area contributed by atoms with Gasteiger partial charge >= 0.3 is 0 Å². The predicted octanol–water partition coefficient (Wildman–Crippen LogP) is 2.60. The number of aromatic nitrogens is 1. The zero-order chi connectivity index (χ0) is 19.9. The lowest BCUT2D eigenvalue weighted by molar-refractivity contribution is 0.0936. The zero-order valence-corrected chi connectivity index (χ0v) is 16.9. The van der Waals surface area contributed by atoms with E-state index in [1.54, 1.807) is 7.11 Å². The van der Waals surface area contributed by atoms with Crippen molar-refractivity contribution in [2.45, 2.75) is 33.4 Å². The Morgan fingerprint density at radius 3 is 2.79 bits per heavy atom. The molecule has 7 nitrogen and oxygen atoms in total. The summed E-state index contributed by atoms with van der Waals surface area (Å²) < 4.78 is 17.2. The molecule has 0 bridgehead atoms. The van der Waals surface area contributed by atoms with Gasteiger partial charge in [0.15, 0.2) is 17.5 Å². The van der Waals surface area contributed by atoms with Crippen LogP contribution in [0, 0.1) is 13.8 Å². The summed E-state index contributed by atoms with van der Waals surface area (Å²) in [6, 6.07) is 7.71. The average Bonchev–Trinajstić information content (AvgIpc) is 2.71. The third-order valence-electron chi connectivity index (χ3n) is 4.55. The van der Waals surface area contributed by atoms with Gasteiger partial charge in [-0.05, 0) is 32.9 Å². The Balaban J connectivity index is 1.62. The van der Waals surface area contributed by atoms with Crippen molar-refractivity contribution in [3.63, 3.8) is 0 Å². The van der Waals surface area contributed by atoms with E-state index in [9.17, 15) is 0 Å². The van der Waals surface area contributed by atoms with Gasteiger partial charge in [-0.3, -0.25) is 4.98 Å². The van der Waals surface area contributed by atoms with Crippen LogP contribution in [0.3, 0.4) is 0 Å². The first-order chi connectivity index (χ1) is 13.6.